The van der Waals surface area contributed by atoms with Gasteiger partial charge in [-0.3, -0.25) is 0 Å². The molecule has 3 aromatic rings. The molecule has 0 unspecified atom stereocenters. The van der Waals surface area contributed by atoms with Crippen LogP contribution in [0.25, 0.3) is 11.3 Å². The van der Waals surface area contributed by atoms with Gasteiger partial charge in [0.25, 0.3) is 0 Å². The van der Waals surface area contributed by atoms with Gasteiger partial charge in [-0.15, -0.1) is 0 Å². The predicted molar refractivity (Wildman–Crippen MR) is 82.3 cm³/mol. The molecule has 0 aliphatic carbocycles. The standard InChI is InChI=1S/C17H15NOSe/c1-3-7-14(8-4-1)17-13-15(19-18-17)11-12-20-16-9-5-2-6-10-16/h1-10,13H,11-12H2. The third kappa shape index (κ3) is 3.38. The molecule has 0 aliphatic heterocycles. The van der Waals surface area contributed by atoms with Crippen LogP contribution in [0.15, 0.2) is 71.3 Å². The van der Waals surface area contributed by atoms with Gasteiger partial charge >= 0.3 is 125 Å². The van der Waals surface area contributed by atoms with E-state index in [-0.39, 0.29) is 0 Å². The zero-order chi connectivity index (χ0) is 13.6. The van der Waals surface area contributed by atoms with Crippen LogP contribution in [-0.4, -0.2) is 20.1 Å². The molecule has 1 aromatic heterocycles. The summed E-state index contributed by atoms with van der Waals surface area (Å²) in [6, 6.07) is 22.8. The second kappa shape index (κ2) is 6.55. The van der Waals surface area contributed by atoms with Gasteiger partial charge in [0.05, 0.1) is 0 Å². The molecule has 0 saturated carbocycles. The molecule has 100 valence electrons. The fraction of sp³-hybridized carbons (Fsp3) is 0.118. The van der Waals surface area contributed by atoms with Crippen molar-refractivity contribution in [3.8, 4) is 11.3 Å². The maximum absolute atomic E-state index is 5.42. The van der Waals surface area contributed by atoms with Gasteiger partial charge in [-0.05, 0) is 0 Å². The molecule has 0 atom stereocenters. The van der Waals surface area contributed by atoms with Crippen LogP contribution in [0.3, 0.4) is 0 Å². The minimum atomic E-state index is 0.501. The number of nitrogens with zero attached hydrogens (tertiary/aromatic N) is 1. The van der Waals surface area contributed by atoms with Gasteiger partial charge in [-0.2, -0.15) is 0 Å². The number of hydrogen-bond donors (Lipinski definition) is 0. The molecule has 2 aromatic carbocycles. The Morgan fingerprint density at radius 2 is 1.60 bits per heavy atom. The third-order valence-corrected chi connectivity index (χ3v) is 5.12. The zero-order valence-corrected chi connectivity index (χ0v) is 12.7. The van der Waals surface area contributed by atoms with Crippen LogP contribution < -0.4 is 4.46 Å². The summed E-state index contributed by atoms with van der Waals surface area (Å²) in [5.74, 6) is 0.974. The van der Waals surface area contributed by atoms with Gasteiger partial charge in [-0.1, -0.05) is 0 Å². The van der Waals surface area contributed by atoms with E-state index in [0.717, 1.165) is 28.8 Å². The van der Waals surface area contributed by atoms with Gasteiger partial charge in [0.1, 0.15) is 0 Å². The Hall–Kier alpha value is -1.83. The van der Waals surface area contributed by atoms with Gasteiger partial charge < -0.3 is 0 Å². The second-order valence-electron chi connectivity index (χ2n) is 4.46. The van der Waals surface area contributed by atoms with E-state index in [9.17, 15) is 0 Å². The maximum atomic E-state index is 5.42. The van der Waals surface area contributed by atoms with Crippen LogP contribution in [0.5, 0.6) is 0 Å². The summed E-state index contributed by atoms with van der Waals surface area (Å²) in [6.45, 7) is 0. The Labute approximate surface area is 125 Å². The summed E-state index contributed by atoms with van der Waals surface area (Å²) in [5, 5.41) is 5.28. The predicted octanol–water partition coefficient (Wildman–Crippen LogP) is 3.33. The Kier molecular flexibility index (Phi) is 4.32. The summed E-state index contributed by atoms with van der Waals surface area (Å²) in [7, 11) is 0. The van der Waals surface area contributed by atoms with Crippen LogP contribution in [0.2, 0.25) is 5.32 Å². The van der Waals surface area contributed by atoms with Gasteiger partial charge in [-0.25, -0.2) is 0 Å². The number of rotatable bonds is 5. The molecule has 0 amide bonds. The SMILES string of the molecule is c1ccc([Se]CCc2cc(-c3ccccc3)no2)cc1. The molecule has 0 N–H and O–H groups in total. The molecule has 20 heavy (non-hydrogen) atoms. The van der Waals surface area contributed by atoms with Crippen molar-refractivity contribution < 1.29 is 4.52 Å². The normalized spacial score (nSPS) is 10.6. The Morgan fingerprint density at radius 3 is 2.35 bits per heavy atom. The van der Waals surface area contributed by atoms with E-state index in [0.29, 0.717) is 15.0 Å². The van der Waals surface area contributed by atoms with Crippen molar-refractivity contribution in [3.05, 3.63) is 72.5 Å². The van der Waals surface area contributed by atoms with E-state index in [4.69, 9.17) is 4.52 Å². The minimum absolute atomic E-state index is 0.501. The van der Waals surface area contributed by atoms with Crippen LogP contribution >= 0.6 is 0 Å². The molecule has 0 radical (unpaired) electrons. The molecule has 0 saturated heterocycles. The summed E-state index contributed by atoms with van der Waals surface area (Å²) < 4.78 is 6.85. The average molecular weight is 328 g/mol. The molecule has 0 spiro atoms. The van der Waals surface area contributed by atoms with Gasteiger partial charge in [0.2, 0.25) is 0 Å². The molecular formula is C17H15NOSe. The molecule has 1 heterocycles. The van der Waals surface area contributed by atoms with E-state index >= 15 is 0 Å². The summed E-state index contributed by atoms with van der Waals surface area (Å²) in [4.78, 5) is 0. The fourth-order valence-electron chi connectivity index (χ4n) is 1.96. The quantitative estimate of drug-likeness (QED) is 0.672. The van der Waals surface area contributed by atoms with Crippen molar-refractivity contribution in [1.82, 2.24) is 5.16 Å². The topological polar surface area (TPSA) is 26.0 Å². The van der Waals surface area contributed by atoms with Crippen LogP contribution in [0, 0.1) is 0 Å². The number of aryl methyl sites for hydroxylation is 1. The van der Waals surface area contributed by atoms with E-state index in [2.05, 4.69) is 53.7 Å². The van der Waals surface area contributed by atoms with Crippen LogP contribution in [0.1, 0.15) is 5.76 Å². The summed E-state index contributed by atoms with van der Waals surface area (Å²) in [6.07, 6.45) is 0.953. The average Bonchev–Trinajstić information content (AvgIpc) is 2.98. The van der Waals surface area contributed by atoms with Crippen molar-refractivity contribution in [2.45, 2.75) is 11.7 Å². The Balaban J connectivity index is 1.58. The molecule has 0 fully saturated rings. The van der Waals surface area contributed by atoms with Gasteiger partial charge in [0.15, 0.2) is 0 Å². The van der Waals surface area contributed by atoms with Crippen LogP contribution in [-0.2, 0) is 6.42 Å². The van der Waals surface area contributed by atoms with Crippen molar-refractivity contribution >= 4 is 19.4 Å². The van der Waals surface area contributed by atoms with Crippen molar-refractivity contribution in [3.63, 3.8) is 0 Å². The molecule has 2 nitrogen and oxygen atoms in total. The van der Waals surface area contributed by atoms with Crippen molar-refractivity contribution in [2.24, 2.45) is 0 Å². The summed E-state index contributed by atoms with van der Waals surface area (Å²) >= 11 is 0.501. The van der Waals surface area contributed by atoms with E-state index < -0.39 is 0 Å². The Bertz CT molecular complexity index is 649. The molecule has 3 heteroatoms. The Morgan fingerprint density at radius 1 is 0.900 bits per heavy atom. The first-order valence-electron chi connectivity index (χ1n) is 6.61. The zero-order valence-electron chi connectivity index (χ0n) is 11.0. The molecule has 0 aliphatic rings. The van der Waals surface area contributed by atoms with E-state index in [1.165, 1.54) is 4.46 Å². The number of hydrogen-bond acceptors (Lipinski definition) is 2. The van der Waals surface area contributed by atoms with Crippen molar-refractivity contribution in [1.29, 1.82) is 0 Å². The third-order valence-electron chi connectivity index (χ3n) is 2.99. The van der Waals surface area contributed by atoms with Crippen LogP contribution in [0.4, 0.5) is 0 Å². The first-order chi connectivity index (χ1) is 9.92. The molecule has 3 rings (SSSR count). The number of aromatic nitrogens is 1. The second-order valence-corrected chi connectivity index (χ2v) is 6.91. The van der Waals surface area contributed by atoms with Crippen molar-refractivity contribution in [2.75, 3.05) is 0 Å². The summed E-state index contributed by atoms with van der Waals surface area (Å²) in [5.41, 5.74) is 2.03. The monoisotopic (exact) mass is 329 g/mol. The van der Waals surface area contributed by atoms with E-state index in [1.54, 1.807) is 0 Å². The fourth-order valence-corrected chi connectivity index (χ4v) is 3.83. The molecular weight excluding hydrogens is 313 g/mol. The number of benzene rings is 2. The first-order valence-corrected chi connectivity index (χ1v) is 8.67. The molecule has 0 bridgehead atoms. The van der Waals surface area contributed by atoms with Gasteiger partial charge in [0, 0.05) is 0 Å². The first kappa shape index (κ1) is 13.2. The van der Waals surface area contributed by atoms with E-state index in [1.807, 2.05) is 18.2 Å².